The molecule has 2 heteroatoms. The van der Waals surface area contributed by atoms with E-state index in [1.165, 1.54) is 19.3 Å². The predicted octanol–water partition coefficient (Wildman–Crippen LogP) is 1.89. The van der Waals surface area contributed by atoms with Crippen LogP contribution in [0.2, 0.25) is 0 Å². The van der Waals surface area contributed by atoms with Crippen LogP contribution < -0.4 is 11.1 Å². The predicted molar refractivity (Wildman–Crippen MR) is 57.7 cm³/mol. The van der Waals surface area contributed by atoms with E-state index in [1.807, 2.05) is 0 Å². The summed E-state index contributed by atoms with van der Waals surface area (Å²) in [6, 6.07) is 0.802. The Labute approximate surface area is 82.3 Å². The normalized spacial score (nSPS) is 28.6. The van der Waals surface area contributed by atoms with Gasteiger partial charge < -0.3 is 11.1 Å². The Morgan fingerprint density at radius 1 is 1.38 bits per heavy atom. The summed E-state index contributed by atoms with van der Waals surface area (Å²) in [6.07, 6.45) is 5.05. The van der Waals surface area contributed by atoms with Crippen molar-refractivity contribution < 1.29 is 0 Å². The molecule has 0 aliphatic heterocycles. The highest BCUT2D eigenvalue weighted by Crippen LogP contribution is 2.26. The van der Waals surface area contributed by atoms with Crippen LogP contribution in [0.5, 0.6) is 0 Å². The topological polar surface area (TPSA) is 38.0 Å². The first-order chi connectivity index (χ1) is 5.97. The van der Waals surface area contributed by atoms with Crippen molar-refractivity contribution >= 4 is 0 Å². The van der Waals surface area contributed by atoms with Crippen molar-refractivity contribution in [2.24, 2.45) is 11.7 Å². The molecule has 3 N–H and O–H groups in total. The zero-order valence-corrected chi connectivity index (χ0v) is 9.27. The van der Waals surface area contributed by atoms with Crippen LogP contribution in [0.1, 0.15) is 46.5 Å². The highest BCUT2D eigenvalue weighted by atomic mass is 14.9. The van der Waals surface area contributed by atoms with Crippen LogP contribution in [0, 0.1) is 5.92 Å². The largest absolute Gasteiger partial charge is 0.326 e. The number of nitrogens with one attached hydrogen (secondary N) is 1. The Kier molecular flexibility index (Phi) is 3.74. The van der Waals surface area contributed by atoms with Crippen LogP contribution in [-0.4, -0.2) is 18.1 Å². The fourth-order valence-corrected chi connectivity index (χ4v) is 1.92. The first-order valence-electron chi connectivity index (χ1n) is 5.49. The van der Waals surface area contributed by atoms with Gasteiger partial charge in [-0.05, 0) is 52.0 Å². The van der Waals surface area contributed by atoms with E-state index in [1.54, 1.807) is 0 Å². The molecular formula is C11H24N2. The maximum Gasteiger partial charge on any atom is 0.00975 e. The van der Waals surface area contributed by atoms with Crippen molar-refractivity contribution in [2.75, 3.05) is 6.54 Å². The van der Waals surface area contributed by atoms with Gasteiger partial charge in [0.25, 0.3) is 0 Å². The summed E-state index contributed by atoms with van der Waals surface area (Å²) >= 11 is 0. The van der Waals surface area contributed by atoms with Crippen molar-refractivity contribution in [3.8, 4) is 0 Å². The lowest BCUT2D eigenvalue weighted by Gasteiger charge is -2.33. The van der Waals surface area contributed by atoms with Gasteiger partial charge in [-0.3, -0.25) is 0 Å². The van der Waals surface area contributed by atoms with Gasteiger partial charge in [-0.25, -0.2) is 0 Å². The van der Waals surface area contributed by atoms with Crippen LogP contribution in [0.15, 0.2) is 0 Å². The molecule has 0 aromatic heterocycles. The van der Waals surface area contributed by atoms with Crippen molar-refractivity contribution in [2.45, 2.75) is 58.0 Å². The second kappa shape index (κ2) is 4.43. The second-order valence-corrected chi connectivity index (χ2v) is 5.32. The van der Waals surface area contributed by atoms with Gasteiger partial charge in [-0.2, -0.15) is 0 Å². The molecule has 2 nitrogen and oxygen atoms in total. The Bertz CT molecular complexity index is 143. The maximum absolute atomic E-state index is 5.89. The van der Waals surface area contributed by atoms with E-state index >= 15 is 0 Å². The van der Waals surface area contributed by atoms with Gasteiger partial charge in [0.1, 0.15) is 0 Å². The lowest BCUT2D eigenvalue weighted by Crippen LogP contribution is -2.41. The second-order valence-electron chi connectivity index (χ2n) is 5.32. The molecule has 0 bridgehead atoms. The zero-order chi connectivity index (χ0) is 9.90. The molecule has 0 aromatic rings. The Morgan fingerprint density at radius 3 is 2.46 bits per heavy atom. The highest BCUT2D eigenvalue weighted by molar-refractivity contribution is 4.82. The van der Waals surface area contributed by atoms with Crippen molar-refractivity contribution in [3.63, 3.8) is 0 Å². The number of rotatable bonds is 5. The van der Waals surface area contributed by atoms with Gasteiger partial charge in [-0.15, -0.1) is 0 Å². The van der Waals surface area contributed by atoms with E-state index in [9.17, 15) is 0 Å². The van der Waals surface area contributed by atoms with Gasteiger partial charge in [-0.1, -0.05) is 6.92 Å². The lowest BCUT2D eigenvalue weighted by atomic mass is 9.82. The summed E-state index contributed by atoms with van der Waals surface area (Å²) in [7, 11) is 0. The van der Waals surface area contributed by atoms with Crippen LogP contribution in [-0.2, 0) is 0 Å². The zero-order valence-electron chi connectivity index (χ0n) is 9.27. The number of hydrogen-bond acceptors (Lipinski definition) is 2. The summed E-state index contributed by atoms with van der Waals surface area (Å²) < 4.78 is 0. The molecule has 0 unspecified atom stereocenters. The minimum Gasteiger partial charge on any atom is -0.326 e. The fourth-order valence-electron chi connectivity index (χ4n) is 1.92. The molecule has 0 spiro atoms. The van der Waals surface area contributed by atoms with Gasteiger partial charge >= 0.3 is 0 Å². The van der Waals surface area contributed by atoms with E-state index in [2.05, 4.69) is 26.1 Å². The molecule has 1 aliphatic rings. The summed E-state index contributed by atoms with van der Waals surface area (Å²) in [5.41, 5.74) is 5.90. The summed E-state index contributed by atoms with van der Waals surface area (Å²) in [4.78, 5) is 0. The third-order valence-corrected chi connectivity index (χ3v) is 2.80. The molecule has 0 atom stereocenters. The van der Waals surface area contributed by atoms with Crippen molar-refractivity contribution in [1.82, 2.24) is 5.32 Å². The maximum atomic E-state index is 5.89. The molecule has 0 amide bonds. The third kappa shape index (κ3) is 4.63. The number of hydrogen-bond donors (Lipinski definition) is 2. The van der Waals surface area contributed by atoms with Gasteiger partial charge in [0.05, 0.1) is 0 Å². The first kappa shape index (κ1) is 11.0. The molecule has 13 heavy (non-hydrogen) atoms. The van der Waals surface area contributed by atoms with Crippen molar-refractivity contribution in [1.29, 1.82) is 0 Å². The molecule has 0 heterocycles. The molecule has 0 radical (unpaired) electrons. The summed E-state index contributed by atoms with van der Waals surface area (Å²) in [6.45, 7) is 7.65. The fraction of sp³-hybridized carbons (Fsp3) is 1.00. The monoisotopic (exact) mass is 184 g/mol. The lowest BCUT2D eigenvalue weighted by molar-refractivity contribution is 0.239. The van der Waals surface area contributed by atoms with E-state index < -0.39 is 0 Å². The Morgan fingerprint density at radius 2 is 2.00 bits per heavy atom. The minimum atomic E-state index is 0.00852. The van der Waals surface area contributed by atoms with Crippen LogP contribution in [0.25, 0.3) is 0 Å². The SMILES string of the molecule is CC1CC(NCCCC(C)(C)N)C1. The van der Waals surface area contributed by atoms with E-state index in [0.717, 1.165) is 24.9 Å². The Hall–Kier alpha value is -0.0800. The van der Waals surface area contributed by atoms with E-state index in [-0.39, 0.29) is 5.54 Å². The summed E-state index contributed by atoms with van der Waals surface area (Å²) in [5, 5.41) is 3.57. The molecule has 1 saturated carbocycles. The Balaban J connectivity index is 1.90. The smallest absolute Gasteiger partial charge is 0.00975 e. The molecule has 78 valence electrons. The van der Waals surface area contributed by atoms with Crippen LogP contribution in [0.3, 0.4) is 0 Å². The van der Waals surface area contributed by atoms with Crippen LogP contribution in [0.4, 0.5) is 0 Å². The molecule has 1 aliphatic carbocycles. The first-order valence-corrected chi connectivity index (χ1v) is 5.49. The molecule has 0 aromatic carbocycles. The third-order valence-electron chi connectivity index (χ3n) is 2.80. The average Bonchev–Trinajstić information content (AvgIpc) is 1.91. The summed E-state index contributed by atoms with van der Waals surface area (Å²) in [5.74, 6) is 0.948. The highest BCUT2D eigenvalue weighted by Gasteiger charge is 2.24. The number of nitrogens with two attached hydrogens (primary N) is 1. The van der Waals surface area contributed by atoms with Crippen LogP contribution >= 0.6 is 0 Å². The molecule has 0 saturated heterocycles. The molecule has 1 rings (SSSR count). The molecular weight excluding hydrogens is 160 g/mol. The quantitative estimate of drug-likeness (QED) is 0.640. The molecule has 1 fully saturated rings. The van der Waals surface area contributed by atoms with E-state index in [0.29, 0.717) is 0 Å². The van der Waals surface area contributed by atoms with Gasteiger partial charge in [0.15, 0.2) is 0 Å². The minimum absolute atomic E-state index is 0.00852. The van der Waals surface area contributed by atoms with E-state index in [4.69, 9.17) is 5.73 Å². The average molecular weight is 184 g/mol. The van der Waals surface area contributed by atoms with Gasteiger partial charge in [0, 0.05) is 11.6 Å². The standard InChI is InChI=1S/C11H24N2/c1-9-7-10(8-9)13-6-4-5-11(2,3)12/h9-10,13H,4-8,12H2,1-3H3. The van der Waals surface area contributed by atoms with Gasteiger partial charge in [0.2, 0.25) is 0 Å². The van der Waals surface area contributed by atoms with Crippen molar-refractivity contribution in [3.05, 3.63) is 0 Å².